The summed E-state index contributed by atoms with van der Waals surface area (Å²) in [5.41, 5.74) is 1.93. The van der Waals surface area contributed by atoms with Crippen molar-refractivity contribution in [2.24, 2.45) is 10.3 Å². The largest absolute Gasteiger partial charge is 0.391 e. The fraction of sp³-hybridized carbons (Fsp3) is 0.167. The standard InChI is InChI=1S/C12H15N3O/c1-4-14-15(5-2)12-8-6-7-11(9-12)10-16-13-3/h4-9H,2-3,10H2,1H3/b14-4-. The molecule has 0 atom stereocenters. The van der Waals surface area contributed by atoms with Crippen molar-refractivity contribution in [3.63, 3.8) is 0 Å². The van der Waals surface area contributed by atoms with Crippen LogP contribution >= 0.6 is 0 Å². The number of rotatable bonds is 6. The van der Waals surface area contributed by atoms with Crippen LogP contribution in [0.5, 0.6) is 0 Å². The summed E-state index contributed by atoms with van der Waals surface area (Å²) in [5, 5.41) is 9.18. The molecule has 0 spiro atoms. The Bertz CT molecular complexity index is 388. The van der Waals surface area contributed by atoms with E-state index in [2.05, 4.69) is 23.6 Å². The van der Waals surface area contributed by atoms with Gasteiger partial charge in [0.1, 0.15) is 6.61 Å². The fourth-order valence-electron chi connectivity index (χ4n) is 1.25. The van der Waals surface area contributed by atoms with E-state index in [0.717, 1.165) is 11.3 Å². The summed E-state index contributed by atoms with van der Waals surface area (Å²) < 4.78 is 0. The number of hydrogen-bond donors (Lipinski definition) is 0. The quantitative estimate of drug-likeness (QED) is 0.542. The first-order chi connectivity index (χ1) is 7.81. The van der Waals surface area contributed by atoms with Crippen molar-refractivity contribution >= 4 is 18.6 Å². The molecule has 1 rings (SSSR count). The molecule has 1 aromatic carbocycles. The molecule has 0 N–H and O–H groups in total. The number of oxime groups is 1. The van der Waals surface area contributed by atoms with Crippen molar-refractivity contribution in [2.75, 3.05) is 5.01 Å². The Balaban J connectivity index is 2.87. The molecule has 0 saturated heterocycles. The van der Waals surface area contributed by atoms with Gasteiger partial charge < -0.3 is 4.84 Å². The number of hydrazone groups is 1. The maximum atomic E-state index is 4.88. The van der Waals surface area contributed by atoms with Gasteiger partial charge in [0.05, 0.1) is 5.69 Å². The van der Waals surface area contributed by atoms with Crippen molar-refractivity contribution < 1.29 is 4.84 Å². The molecule has 16 heavy (non-hydrogen) atoms. The molecule has 4 nitrogen and oxygen atoms in total. The highest BCUT2D eigenvalue weighted by molar-refractivity contribution is 5.59. The van der Waals surface area contributed by atoms with Crippen LogP contribution in [0.25, 0.3) is 0 Å². The number of anilines is 1. The van der Waals surface area contributed by atoms with E-state index in [9.17, 15) is 0 Å². The Kier molecular flexibility index (Phi) is 4.79. The van der Waals surface area contributed by atoms with Gasteiger partial charge in [-0.25, -0.2) is 5.01 Å². The van der Waals surface area contributed by atoms with Crippen molar-refractivity contribution in [3.05, 3.63) is 42.6 Å². The Labute approximate surface area is 95.5 Å². The van der Waals surface area contributed by atoms with Gasteiger partial charge in [0, 0.05) is 19.1 Å². The third-order valence-electron chi connectivity index (χ3n) is 1.91. The Hall–Kier alpha value is -2.10. The van der Waals surface area contributed by atoms with Crippen LogP contribution in [0.3, 0.4) is 0 Å². The fourth-order valence-corrected chi connectivity index (χ4v) is 1.25. The van der Waals surface area contributed by atoms with E-state index in [1.165, 1.54) is 0 Å². The summed E-state index contributed by atoms with van der Waals surface area (Å²) in [4.78, 5) is 4.88. The molecule has 0 radical (unpaired) electrons. The van der Waals surface area contributed by atoms with Gasteiger partial charge in [0.2, 0.25) is 0 Å². The highest BCUT2D eigenvalue weighted by Gasteiger charge is 2.01. The minimum Gasteiger partial charge on any atom is -0.391 e. The van der Waals surface area contributed by atoms with Crippen molar-refractivity contribution in [1.82, 2.24) is 0 Å². The number of hydrogen-bond acceptors (Lipinski definition) is 4. The van der Waals surface area contributed by atoms with Gasteiger partial charge >= 0.3 is 0 Å². The zero-order chi connectivity index (χ0) is 11.8. The van der Waals surface area contributed by atoms with Gasteiger partial charge in [0.15, 0.2) is 0 Å². The Morgan fingerprint density at radius 1 is 1.50 bits per heavy atom. The van der Waals surface area contributed by atoms with E-state index >= 15 is 0 Å². The van der Waals surface area contributed by atoms with E-state index in [1.54, 1.807) is 17.4 Å². The van der Waals surface area contributed by atoms with E-state index < -0.39 is 0 Å². The molecule has 0 fully saturated rings. The molecule has 84 valence electrons. The highest BCUT2D eigenvalue weighted by Crippen LogP contribution is 2.17. The van der Waals surface area contributed by atoms with Crippen molar-refractivity contribution in [1.29, 1.82) is 0 Å². The zero-order valence-electron chi connectivity index (χ0n) is 9.34. The lowest BCUT2D eigenvalue weighted by atomic mass is 10.2. The third-order valence-corrected chi connectivity index (χ3v) is 1.91. The molecule has 0 aromatic heterocycles. The van der Waals surface area contributed by atoms with Crippen LogP contribution in [0.4, 0.5) is 5.69 Å². The van der Waals surface area contributed by atoms with Gasteiger partial charge in [0.25, 0.3) is 0 Å². The Morgan fingerprint density at radius 3 is 2.94 bits per heavy atom. The minimum atomic E-state index is 0.401. The third kappa shape index (κ3) is 3.24. The molecule has 0 aliphatic carbocycles. The van der Waals surface area contributed by atoms with Crippen LogP contribution < -0.4 is 5.01 Å². The van der Waals surface area contributed by atoms with Crippen LogP contribution in [-0.4, -0.2) is 12.9 Å². The second kappa shape index (κ2) is 6.40. The maximum absolute atomic E-state index is 4.88. The first-order valence-electron chi connectivity index (χ1n) is 4.89. The SMILES string of the molecule is C=CN(/N=C\C)c1cccc(CON=C)c1. The molecule has 0 saturated carbocycles. The maximum Gasteiger partial charge on any atom is 0.142 e. The lowest BCUT2D eigenvalue weighted by Crippen LogP contribution is -2.06. The average molecular weight is 217 g/mol. The van der Waals surface area contributed by atoms with Crippen LogP contribution in [-0.2, 0) is 11.4 Å². The smallest absolute Gasteiger partial charge is 0.142 e. The van der Waals surface area contributed by atoms with Gasteiger partial charge in [-0.2, -0.15) is 5.10 Å². The molecular weight excluding hydrogens is 202 g/mol. The topological polar surface area (TPSA) is 37.2 Å². The molecule has 4 heteroatoms. The van der Waals surface area contributed by atoms with E-state index in [1.807, 2.05) is 31.2 Å². The average Bonchev–Trinajstić information content (AvgIpc) is 2.33. The summed E-state index contributed by atoms with van der Waals surface area (Å²) in [6.45, 7) is 9.21. The first kappa shape index (κ1) is 12.0. The van der Waals surface area contributed by atoms with Gasteiger partial charge in [-0.15, -0.1) is 5.16 Å². The molecule has 1 aromatic rings. The molecular formula is C12H15N3O. The number of benzene rings is 1. The number of nitrogens with zero attached hydrogens (tertiary/aromatic N) is 3. The molecule has 0 aliphatic heterocycles. The normalized spacial score (nSPS) is 10.1. The minimum absolute atomic E-state index is 0.401. The summed E-state index contributed by atoms with van der Waals surface area (Å²) in [5.74, 6) is 0. The summed E-state index contributed by atoms with van der Waals surface area (Å²) in [6, 6.07) is 7.78. The van der Waals surface area contributed by atoms with Crippen LogP contribution in [0.1, 0.15) is 12.5 Å². The van der Waals surface area contributed by atoms with Gasteiger partial charge in [-0.1, -0.05) is 18.7 Å². The van der Waals surface area contributed by atoms with Crippen molar-refractivity contribution in [2.45, 2.75) is 13.5 Å². The second-order valence-corrected chi connectivity index (χ2v) is 2.97. The van der Waals surface area contributed by atoms with Gasteiger partial charge in [-0.3, -0.25) is 0 Å². The molecule has 0 amide bonds. The van der Waals surface area contributed by atoms with E-state index in [0.29, 0.717) is 6.61 Å². The molecule has 0 unspecified atom stereocenters. The highest BCUT2D eigenvalue weighted by atomic mass is 16.6. The molecule has 0 bridgehead atoms. The van der Waals surface area contributed by atoms with Crippen LogP contribution in [0.2, 0.25) is 0 Å². The molecule has 0 heterocycles. The zero-order valence-corrected chi connectivity index (χ0v) is 9.34. The monoisotopic (exact) mass is 217 g/mol. The van der Waals surface area contributed by atoms with Gasteiger partial charge in [-0.05, 0) is 24.6 Å². The van der Waals surface area contributed by atoms with Crippen LogP contribution in [0.15, 0.2) is 47.3 Å². The second-order valence-electron chi connectivity index (χ2n) is 2.97. The summed E-state index contributed by atoms with van der Waals surface area (Å²) in [6.07, 6.45) is 3.35. The van der Waals surface area contributed by atoms with Crippen molar-refractivity contribution in [3.8, 4) is 0 Å². The summed E-state index contributed by atoms with van der Waals surface area (Å²) in [7, 11) is 0. The summed E-state index contributed by atoms with van der Waals surface area (Å²) >= 11 is 0. The lowest BCUT2D eigenvalue weighted by Gasteiger charge is -2.14. The van der Waals surface area contributed by atoms with E-state index in [-0.39, 0.29) is 0 Å². The molecule has 0 aliphatic rings. The lowest BCUT2D eigenvalue weighted by molar-refractivity contribution is 0.133. The predicted molar refractivity (Wildman–Crippen MR) is 67.6 cm³/mol. The predicted octanol–water partition coefficient (Wildman–Crippen LogP) is 2.77. The first-order valence-corrected chi connectivity index (χ1v) is 4.89. The Morgan fingerprint density at radius 2 is 2.31 bits per heavy atom. The van der Waals surface area contributed by atoms with E-state index in [4.69, 9.17) is 4.84 Å². The van der Waals surface area contributed by atoms with Crippen LogP contribution in [0, 0.1) is 0 Å².